The lowest BCUT2D eigenvalue weighted by Crippen LogP contribution is -2.19. The highest BCUT2D eigenvalue weighted by atomic mass is 19.1. The minimum absolute atomic E-state index is 0.167. The topological polar surface area (TPSA) is 75.1 Å². The smallest absolute Gasteiger partial charge is 0.277 e. The number of anilines is 1. The maximum absolute atomic E-state index is 12.8. The molecule has 0 unspecified atom stereocenters. The normalized spacial score (nSPS) is 11.0. The van der Waals surface area contributed by atoms with Gasteiger partial charge in [-0.1, -0.05) is 12.1 Å². The highest BCUT2D eigenvalue weighted by molar-refractivity contribution is 5.39. The quantitative estimate of drug-likeness (QED) is 0.770. The molecule has 0 fully saturated rings. The Hall–Kier alpha value is -2.70. The average molecular weight is 287 g/mol. The van der Waals surface area contributed by atoms with E-state index >= 15 is 0 Å². The van der Waals surface area contributed by atoms with Crippen molar-refractivity contribution in [3.8, 4) is 0 Å². The standard InChI is InChI=1S/C14H14FN5O/c1-8-9(2)17-14-18-13(19-20(14)12(8)21)16-7-10-3-5-11(15)6-4-10/h3-6H,7H2,1-2H3,(H2,16,17,18,19). The van der Waals surface area contributed by atoms with Crippen LogP contribution in [0.4, 0.5) is 10.3 Å². The van der Waals surface area contributed by atoms with Crippen LogP contribution in [0, 0.1) is 19.7 Å². The Morgan fingerprint density at radius 2 is 1.95 bits per heavy atom. The fourth-order valence-electron chi connectivity index (χ4n) is 1.97. The average Bonchev–Trinajstić information content (AvgIpc) is 2.87. The highest BCUT2D eigenvalue weighted by Gasteiger charge is 2.09. The van der Waals surface area contributed by atoms with Gasteiger partial charge in [0.25, 0.3) is 11.3 Å². The fourth-order valence-corrected chi connectivity index (χ4v) is 1.97. The first kappa shape index (κ1) is 13.3. The number of H-pyrrole nitrogens is 1. The number of rotatable bonds is 3. The zero-order valence-electron chi connectivity index (χ0n) is 11.6. The van der Waals surface area contributed by atoms with Gasteiger partial charge in [0.15, 0.2) is 0 Å². The van der Waals surface area contributed by atoms with Crippen LogP contribution in [-0.2, 0) is 6.54 Å². The molecular weight excluding hydrogens is 273 g/mol. The van der Waals surface area contributed by atoms with E-state index < -0.39 is 0 Å². The van der Waals surface area contributed by atoms with Gasteiger partial charge in [0, 0.05) is 17.8 Å². The molecule has 6 nitrogen and oxygen atoms in total. The number of halogens is 1. The van der Waals surface area contributed by atoms with Gasteiger partial charge in [-0.15, -0.1) is 0 Å². The van der Waals surface area contributed by atoms with Gasteiger partial charge >= 0.3 is 0 Å². The first-order valence-electron chi connectivity index (χ1n) is 6.49. The summed E-state index contributed by atoms with van der Waals surface area (Å²) in [7, 11) is 0. The Kier molecular flexibility index (Phi) is 3.17. The molecule has 21 heavy (non-hydrogen) atoms. The largest absolute Gasteiger partial charge is 0.351 e. The lowest BCUT2D eigenvalue weighted by atomic mass is 10.2. The van der Waals surface area contributed by atoms with Crippen molar-refractivity contribution in [2.45, 2.75) is 20.4 Å². The number of aromatic amines is 1. The third kappa shape index (κ3) is 2.49. The molecule has 108 valence electrons. The van der Waals surface area contributed by atoms with Crippen molar-refractivity contribution in [2.24, 2.45) is 0 Å². The number of aryl methyl sites for hydroxylation is 1. The molecule has 0 spiro atoms. The first-order valence-corrected chi connectivity index (χ1v) is 6.49. The summed E-state index contributed by atoms with van der Waals surface area (Å²) in [6.45, 7) is 3.97. The van der Waals surface area contributed by atoms with Crippen LogP contribution < -0.4 is 10.9 Å². The van der Waals surface area contributed by atoms with Crippen molar-refractivity contribution in [3.63, 3.8) is 0 Å². The molecule has 2 heterocycles. The van der Waals surface area contributed by atoms with Crippen LogP contribution in [0.1, 0.15) is 16.8 Å². The maximum Gasteiger partial charge on any atom is 0.277 e. The molecule has 2 N–H and O–H groups in total. The van der Waals surface area contributed by atoms with Gasteiger partial charge < -0.3 is 5.32 Å². The van der Waals surface area contributed by atoms with E-state index in [9.17, 15) is 9.18 Å². The number of aromatic nitrogens is 4. The Morgan fingerprint density at radius 1 is 1.24 bits per heavy atom. The van der Waals surface area contributed by atoms with E-state index in [-0.39, 0.29) is 11.4 Å². The van der Waals surface area contributed by atoms with Crippen LogP contribution in [0.3, 0.4) is 0 Å². The summed E-state index contributed by atoms with van der Waals surface area (Å²) >= 11 is 0. The number of fused-ring (bicyclic) bond motifs is 1. The Morgan fingerprint density at radius 3 is 2.67 bits per heavy atom. The van der Waals surface area contributed by atoms with E-state index in [0.717, 1.165) is 5.56 Å². The Bertz CT molecular complexity index is 850. The predicted octanol–water partition coefficient (Wildman–Crippen LogP) is 1.79. The monoisotopic (exact) mass is 287 g/mol. The predicted molar refractivity (Wildman–Crippen MR) is 76.8 cm³/mol. The van der Waals surface area contributed by atoms with Crippen LogP contribution in [0.15, 0.2) is 29.1 Å². The third-order valence-electron chi connectivity index (χ3n) is 3.34. The van der Waals surface area contributed by atoms with Crippen LogP contribution >= 0.6 is 0 Å². The molecular formula is C14H14FN5O. The van der Waals surface area contributed by atoms with Crippen molar-refractivity contribution >= 4 is 11.7 Å². The van der Waals surface area contributed by atoms with Crippen LogP contribution in [0.25, 0.3) is 5.78 Å². The number of nitrogens with zero attached hydrogens (tertiary/aromatic N) is 3. The second-order valence-electron chi connectivity index (χ2n) is 4.82. The lowest BCUT2D eigenvalue weighted by molar-refractivity contribution is 0.627. The number of hydrogen-bond acceptors (Lipinski definition) is 4. The molecule has 0 atom stereocenters. The van der Waals surface area contributed by atoms with E-state index in [1.807, 2.05) is 0 Å². The summed E-state index contributed by atoms with van der Waals surface area (Å²) in [5, 5.41) is 5.91. The summed E-state index contributed by atoms with van der Waals surface area (Å²) < 4.78 is 14.1. The molecule has 7 heteroatoms. The van der Waals surface area contributed by atoms with Gasteiger partial charge in [0.1, 0.15) is 5.82 Å². The molecule has 0 aliphatic heterocycles. The SMILES string of the molecule is Cc1nc2nc(NCc3ccc(F)cc3)[nH]n2c(=O)c1C. The molecule has 2 aromatic heterocycles. The summed E-state index contributed by atoms with van der Waals surface area (Å²) in [6.07, 6.45) is 0. The van der Waals surface area contributed by atoms with Crippen molar-refractivity contribution < 1.29 is 4.39 Å². The Balaban J connectivity index is 1.86. The van der Waals surface area contributed by atoms with Gasteiger partial charge in [-0.3, -0.25) is 9.89 Å². The van der Waals surface area contributed by atoms with Gasteiger partial charge in [-0.25, -0.2) is 9.37 Å². The summed E-state index contributed by atoms with van der Waals surface area (Å²) in [4.78, 5) is 20.5. The molecule has 0 aliphatic rings. The second kappa shape index (κ2) is 5.01. The van der Waals surface area contributed by atoms with Gasteiger partial charge in [-0.2, -0.15) is 9.50 Å². The van der Waals surface area contributed by atoms with Crippen molar-refractivity contribution in [3.05, 3.63) is 57.3 Å². The number of hydrogen-bond donors (Lipinski definition) is 2. The van der Waals surface area contributed by atoms with Crippen molar-refractivity contribution in [1.29, 1.82) is 0 Å². The third-order valence-corrected chi connectivity index (χ3v) is 3.34. The van der Waals surface area contributed by atoms with Crippen molar-refractivity contribution in [2.75, 3.05) is 5.32 Å². The molecule has 0 bridgehead atoms. The second-order valence-corrected chi connectivity index (χ2v) is 4.82. The molecule has 3 rings (SSSR count). The van der Waals surface area contributed by atoms with Crippen LogP contribution in [0.2, 0.25) is 0 Å². The molecule has 0 saturated carbocycles. The highest BCUT2D eigenvalue weighted by Crippen LogP contribution is 2.07. The van der Waals surface area contributed by atoms with E-state index in [2.05, 4.69) is 20.4 Å². The molecule has 0 amide bonds. The fraction of sp³-hybridized carbons (Fsp3) is 0.214. The summed E-state index contributed by atoms with van der Waals surface area (Å²) in [6, 6.07) is 6.16. The zero-order chi connectivity index (χ0) is 15.0. The van der Waals surface area contributed by atoms with E-state index in [1.54, 1.807) is 26.0 Å². The molecule has 3 aromatic rings. The zero-order valence-corrected chi connectivity index (χ0v) is 11.6. The molecule has 1 aromatic carbocycles. The minimum Gasteiger partial charge on any atom is -0.351 e. The summed E-state index contributed by atoms with van der Waals surface area (Å²) in [5.74, 6) is 0.489. The lowest BCUT2D eigenvalue weighted by Gasteiger charge is -2.02. The molecule has 0 aliphatic carbocycles. The van der Waals surface area contributed by atoms with E-state index in [4.69, 9.17) is 0 Å². The van der Waals surface area contributed by atoms with Gasteiger partial charge in [0.05, 0.1) is 0 Å². The molecule has 0 saturated heterocycles. The van der Waals surface area contributed by atoms with E-state index in [0.29, 0.717) is 29.5 Å². The van der Waals surface area contributed by atoms with Crippen LogP contribution in [0.5, 0.6) is 0 Å². The van der Waals surface area contributed by atoms with E-state index in [1.165, 1.54) is 16.6 Å². The maximum atomic E-state index is 12.8. The van der Waals surface area contributed by atoms with Crippen LogP contribution in [-0.4, -0.2) is 19.6 Å². The minimum atomic E-state index is -0.274. The Labute approximate surface area is 119 Å². The molecule has 0 radical (unpaired) electrons. The van der Waals surface area contributed by atoms with Crippen molar-refractivity contribution in [1.82, 2.24) is 19.6 Å². The van der Waals surface area contributed by atoms with Gasteiger partial charge in [-0.05, 0) is 31.5 Å². The van der Waals surface area contributed by atoms with Gasteiger partial charge in [0.2, 0.25) is 5.95 Å². The number of benzene rings is 1. The first-order chi connectivity index (χ1) is 10.0. The summed E-state index contributed by atoms with van der Waals surface area (Å²) in [5.41, 5.74) is 1.99. The number of nitrogens with one attached hydrogen (secondary N) is 2.